The van der Waals surface area contributed by atoms with Crippen molar-refractivity contribution < 1.29 is 18.0 Å². The first-order chi connectivity index (χ1) is 14.1. The second-order valence-electron chi connectivity index (χ2n) is 7.51. The molecule has 0 spiro atoms. The zero-order valence-corrected chi connectivity index (χ0v) is 17.4. The van der Waals surface area contributed by atoms with Crippen LogP contribution in [0.3, 0.4) is 0 Å². The van der Waals surface area contributed by atoms with Crippen molar-refractivity contribution >= 4 is 29.0 Å². The fourth-order valence-electron chi connectivity index (χ4n) is 3.41. The molecule has 1 aliphatic carbocycles. The Balaban J connectivity index is 1.52. The van der Waals surface area contributed by atoms with E-state index >= 15 is 0 Å². The van der Waals surface area contributed by atoms with E-state index in [0.717, 1.165) is 11.8 Å². The number of carbonyl (C=O) groups excluding carboxylic acids is 1. The second kappa shape index (κ2) is 9.07. The summed E-state index contributed by atoms with van der Waals surface area (Å²) in [6, 6.07) is 8.17. The van der Waals surface area contributed by atoms with E-state index in [9.17, 15) is 18.0 Å². The number of carbonyl (C=O) groups is 1. The molecule has 1 aliphatic rings. The lowest BCUT2D eigenvalue weighted by Crippen LogP contribution is -2.40. The summed E-state index contributed by atoms with van der Waals surface area (Å²) in [6.07, 6.45) is -1.79. The summed E-state index contributed by atoms with van der Waals surface area (Å²) in [4.78, 5) is 21.5. The van der Waals surface area contributed by atoms with Crippen molar-refractivity contribution in [2.45, 2.75) is 43.9 Å². The van der Waals surface area contributed by atoms with E-state index in [1.165, 1.54) is 0 Å². The Kier molecular flexibility index (Phi) is 6.70. The van der Waals surface area contributed by atoms with Gasteiger partial charge in [-0.05, 0) is 61.5 Å². The summed E-state index contributed by atoms with van der Waals surface area (Å²) in [6.45, 7) is 0. The number of anilines is 2. The van der Waals surface area contributed by atoms with Crippen molar-refractivity contribution in [2.75, 3.05) is 24.3 Å². The number of hydrogen-bond donors (Lipinski definition) is 2. The Morgan fingerprint density at radius 2 is 1.67 bits per heavy atom. The third kappa shape index (κ3) is 5.75. The number of benzene rings is 1. The van der Waals surface area contributed by atoms with Gasteiger partial charge in [0.05, 0.1) is 0 Å². The number of halogens is 4. The maximum atomic E-state index is 12.9. The van der Waals surface area contributed by atoms with Crippen LogP contribution in [0.25, 0.3) is 0 Å². The quantitative estimate of drug-likeness (QED) is 0.674. The second-order valence-corrected chi connectivity index (χ2v) is 7.85. The Hall–Kier alpha value is -2.55. The first kappa shape index (κ1) is 22.1. The molecule has 0 saturated heterocycles. The van der Waals surface area contributed by atoms with Crippen LogP contribution in [-0.4, -0.2) is 42.1 Å². The smallest absolute Gasteiger partial charge is 0.378 e. The average Bonchev–Trinajstić information content (AvgIpc) is 2.68. The minimum absolute atomic E-state index is 0.0174. The molecule has 10 heteroatoms. The SMILES string of the molecule is CN(C)c1ccc(C(=O)NC2CCC(Nc3cc(C(F)(F)F)nc(Cl)n3)CC2)cc1. The highest BCUT2D eigenvalue weighted by Gasteiger charge is 2.34. The number of amides is 1. The fourth-order valence-corrected chi connectivity index (χ4v) is 3.59. The van der Waals surface area contributed by atoms with E-state index in [0.29, 0.717) is 31.2 Å². The number of nitrogens with one attached hydrogen (secondary N) is 2. The molecular formula is C20H23ClF3N5O. The van der Waals surface area contributed by atoms with Crippen molar-refractivity contribution in [3.05, 3.63) is 46.9 Å². The molecule has 1 heterocycles. The van der Waals surface area contributed by atoms with Gasteiger partial charge in [0.25, 0.3) is 5.91 Å². The molecule has 1 aromatic heterocycles. The molecule has 2 N–H and O–H groups in total. The molecule has 162 valence electrons. The minimum Gasteiger partial charge on any atom is -0.378 e. The molecule has 0 atom stereocenters. The highest BCUT2D eigenvalue weighted by atomic mass is 35.5. The molecule has 0 radical (unpaired) electrons. The summed E-state index contributed by atoms with van der Waals surface area (Å²) in [5.74, 6) is -0.0788. The van der Waals surface area contributed by atoms with E-state index in [1.54, 1.807) is 12.1 Å². The van der Waals surface area contributed by atoms with Gasteiger partial charge in [0, 0.05) is 43.5 Å². The normalized spacial score (nSPS) is 19.3. The van der Waals surface area contributed by atoms with E-state index in [-0.39, 0.29) is 23.8 Å². The van der Waals surface area contributed by atoms with E-state index in [4.69, 9.17) is 11.6 Å². The van der Waals surface area contributed by atoms with Crippen molar-refractivity contribution in [3.8, 4) is 0 Å². The summed E-state index contributed by atoms with van der Waals surface area (Å²) in [7, 11) is 3.86. The Bertz CT molecular complexity index is 881. The molecule has 0 unspecified atom stereocenters. The number of alkyl halides is 3. The average molecular weight is 442 g/mol. The van der Waals surface area contributed by atoms with Gasteiger partial charge in [-0.2, -0.15) is 13.2 Å². The molecule has 0 bridgehead atoms. The Morgan fingerprint density at radius 1 is 1.07 bits per heavy atom. The Morgan fingerprint density at radius 3 is 2.23 bits per heavy atom. The standard InChI is InChI=1S/C20H23ClF3N5O/c1-29(2)15-9-3-12(4-10-15)18(30)26-14-7-5-13(6-8-14)25-17-11-16(20(22,23)24)27-19(21)28-17/h3-4,9-11,13-14H,5-8H2,1-2H3,(H,26,30)(H,25,27,28). The lowest BCUT2D eigenvalue weighted by atomic mass is 9.91. The number of rotatable bonds is 5. The molecule has 1 aromatic carbocycles. The van der Waals surface area contributed by atoms with Crippen LogP contribution < -0.4 is 15.5 Å². The zero-order chi connectivity index (χ0) is 21.9. The Labute approximate surface area is 177 Å². The highest BCUT2D eigenvalue weighted by Crippen LogP contribution is 2.30. The van der Waals surface area contributed by atoms with Crippen LogP contribution in [-0.2, 0) is 6.18 Å². The monoisotopic (exact) mass is 441 g/mol. The summed E-state index contributed by atoms with van der Waals surface area (Å²) in [5, 5.41) is 5.58. The molecule has 1 amide bonds. The van der Waals surface area contributed by atoms with Crippen molar-refractivity contribution in [1.29, 1.82) is 0 Å². The number of aromatic nitrogens is 2. The van der Waals surface area contributed by atoms with Crippen LogP contribution in [0.1, 0.15) is 41.7 Å². The fraction of sp³-hybridized carbons (Fsp3) is 0.450. The summed E-state index contributed by atoms with van der Waals surface area (Å²) < 4.78 is 38.6. The number of nitrogens with zero attached hydrogens (tertiary/aromatic N) is 3. The van der Waals surface area contributed by atoms with Crippen LogP contribution in [0, 0.1) is 0 Å². The summed E-state index contributed by atoms with van der Waals surface area (Å²) in [5.41, 5.74) is 0.527. The van der Waals surface area contributed by atoms with Gasteiger partial charge in [-0.15, -0.1) is 0 Å². The van der Waals surface area contributed by atoms with Crippen LogP contribution in [0.2, 0.25) is 5.28 Å². The van der Waals surface area contributed by atoms with Gasteiger partial charge in [0.1, 0.15) is 5.82 Å². The molecule has 1 saturated carbocycles. The zero-order valence-electron chi connectivity index (χ0n) is 16.6. The van der Waals surface area contributed by atoms with Gasteiger partial charge in [0.2, 0.25) is 5.28 Å². The highest BCUT2D eigenvalue weighted by molar-refractivity contribution is 6.28. The molecular weight excluding hydrogens is 419 g/mol. The van der Waals surface area contributed by atoms with Crippen LogP contribution in [0.5, 0.6) is 0 Å². The van der Waals surface area contributed by atoms with Gasteiger partial charge < -0.3 is 15.5 Å². The lowest BCUT2D eigenvalue weighted by Gasteiger charge is -2.30. The third-order valence-electron chi connectivity index (χ3n) is 5.05. The van der Waals surface area contributed by atoms with Crippen molar-refractivity contribution in [1.82, 2.24) is 15.3 Å². The van der Waals surface area contributed by atoms with Gasteiger partial charge in [-0.25, -0.2) is 9.97 Å². The largest absolute Gasteiger partial charge is 0.433 e. The maximum absolute atomic E-state index is 12.9. The lowest BCUT2D eigenvalue weighted by molar-refractivity contribution is -0.141. The molecule has 1 fully saturated rings. The van der Waals surface area contributed by atoms with Crippen molar-refractivity contribution in [3.63, 3.8) is 0 Å². The molecule has 6 nitrogen and oxygen atoms in total. The summed E-state index contributed by atoms with van der Waals surface area (Å²) >= 11 is 5.63. The molecule has 3 rings (SSSR count). The van der Waals surface area contributed by atoms with Gasteiger partial charge in [-0.1, -0.05) is 0 Å². The molecule has 2 aromatic rings. The van der Waals surface area contributed by atoms with Crippen LogP contribution in [0.15, 0.2) is 30.3 Å². The van der Waals surface area contributed by atoms with Gasteiger partial charge in [0.15, 0.2) is 5.69 Å². The number of hydrogen-bond acceptors (Lipinski definition) is 5. The van der Waals surface area contributed by atoms with E-state index in [2.05, 4.69) is 20.6 Å². The minimum atomic E-state index is -4.59. The first-order valence-corrected chi connectivity index (χ1v) is 9.96. The predicted molar refractivity (Wildman–Crippen MR) is 110 cm³/mol. The maximum Gasteiger partial charge on any atom is 0.433 e. The van der Waals surface area contributed by atoms with Gasteiger partial charge in [-0.3, -0.25) is 4.79 Å². The predicted octanol–water partition coefficient (Wildman–Crippen LogP) is 4.37. The first-order valence-electron chi connectivity index (χ1n) is 9.58. The topological polar surface area (TPSA) is 70.2 Å². The molecule has 0 aliphatic heterocycles. The van der Waals surface area contributed by atoms with E-state index < -0.39 is 17.2 Å². The van der Waals surface area contributed by atoms with Crippen molar-refractivity contribution in [2.24, 2.45) is 0 Å². The van der Waals surface area contributed by atoms with Crippen LogP contribution >= 0.6 is 11.6 Å². The van der Waals surface area contributed by atoms with E-state index in [1.807, 2.05) is 31.1 Å². The van der Waals surface area contributed by atoms with Gasteiger partial charge >= 0.3 is 6.18 Å². The molecule has 30 heavy (non-hydrogen) atoms. The van der Waals surface area contributed by atoms with Crippen LogP contribution in [0.4, 0.5) is 24.7 Å². The third-order valence-corrected chi connectivity index (χ3v) is 5.22.